The van der Waals surface area contributed by atoms with Gasteiger partial charge in [0.2, 0.25) is 0 Å². The average Bonchev–Trinajstić information content (AvgIpc) is 2.24. The van der Waals surface area contributed by atoms with Gasteiger partial charge in [-0.2, -0.15) is 47.9 Å². The van der Waals surface area contributed by atoms with Crippen molar-refractivity contribution in [3.8, 4) is 0 Å². The van der Waals surface area contributed by atoms with Crippen molar-refractivity contribution in [2.75, 3.05) is 13.2 Å². The van der Waals surface area contributed by atoms with Crippen LogP contribution in [-0.4, -0.2) is 44.8 Å². The third-order valence-corrected chi connectivity index (χ3v) is 3.57. The molecule has 5 N–H and O–H groups in total. The zero-order valence-electron chi connectivity index (χ0n) is 9.73. The van der Waals surface area contributed by atoms with Gasteiger partial charge >= 0.3 is 33.3 Å². The van der Waals surface area contributed by atoms with Crippen molar-refractivity contribution >= 4 is 10.0 Å². The molecule has 0 heterocycles. The minimum absolute atomic E-state index is 0. The fraction of sp³-hybridized carbons (Fsp3) is 1.00. The van der Waals surface area contributed by atoms with Crippen molar-refractivity contribution in [2.24, 2.45) is 0 Å². The number of hydrogen-bond acceptors (Lipinski definition) is 4. The number of rotatable bonds is 6. The van der Waals surface area contributed by atoms with Crippen LogP contribution in [0.5, 0.6) is 0 Å². The van der Waals surface area contributed by atoms with E-state index in [1.807, 2.05) is 0 Å². The Morgan fingerprint density at radius 1 is 0.857 bits per heavy atom. The lowest BCUT2D eigenvalue weighted by molar-refractivity contribution is -0.541. The molecule has 0 bridgehead atoms. The first-order chi connectivity index (χ1) is 8.56. The van der Waals surface area contributed by atoms with E-state index in [0.29, 0.717) is 0 Å². The van der Waals surface area contributed by atoms with Crippen LogP contribution in [0.2, 0.25) is 0 Å². The number of quaternary nitrogens is 1. The Balaban J connectivity index is 0. The van der Waals surface area contributed by atoms with Crippen LogP contribution in [0, 0.1) is 0 Å². The average molecular weight is 360 g/mol. The predicted molar refractivity (Wildman–Crippen MR) is 46.5 cm³/mol. The molecule has 21 heavy (non-hydrogen) atoms. The molecule has 0 saturated carbocycles. The molecule has 0 aliphatic heterocycles. The first-order valence-corrected chi connectivity index (χ1v) is 5.97. The zero-order valence-corrected chi connectivity index (χ0v) is 10.5. The molecule has 0 saturated heterocycles. The van der Waals surface area contributed by atoms with Crippen LogP contribution in [-0.2, 0) is 10.0 Å². The van der Waals surface area contributed by atoms with Crippen LogP contribution in [0.4, 0.5) is 39.5 Å². The van der Waals surface area contributed by atoms with E-state index in [-0.39, 0.29) is 6.15 Å². The zero-order chi connectivity index (χ0) is 16.6. The van der Waals surface area contributed by atoms with Crippen molar-refractivity contribution in [1.82, 2.24) is 6.15 Å². The van der Waals surface area contributed by atoms with Gasteiger partial charge in [0.15, 0.2) is 0 Å². The smallest absolute Gasteiger partial charge is 0.463 e. The lowest BCUT2D eigenvalue weighted by atomic mass is 10.1. The van der Waals surface area contributed by atoms with Gasteiger partial charge in [0.25, 0.3) is 0 Å². The topological polar surface area (TPSA) is 109 Å². The fourth-order valence-corrected chi connectivity index (χ4v) is 1.95. The summed E-state index contributed by atoms with van der Waals surface area (Å²) in [4.78, 5) is 0. The largest absolute Gasteiger partial charge is 0.850 e. The highest BCUT2D eigenvalue weighted by Crippen LogP contribution is 2.53. The van der Waals surface area contributed by atoms with Gasteiger partial charge in [-0.05, 0) is 0 Å². The number of hydrogen-bond donors (Lipinski definition) is 2. The molecule has 5 nitrogen and oxygen atoms in total. The quantitative estimate of drug-likeness (QED) is 0.641. The molecule has 0 rings (SSSR count). The number of nitrogens with two attached hydrogens (primary N) is 1. The molecule has 0 aromatic heterocycles. The first kappa shape index (κ1) is 22.5. The van der Waals surface area contributed by atoms with Gasteiger partial charge in [0.05, 0.1) is 6.54 Å². The van der Waals surface area contributed by atoms with Gasteiger partial charge in [0.1, 0.15) is 0 Å². The standard InChI is InChI=1S/C6H5F9NO3S.H3N/c7-3(8,5(11,12)13)4(9,10)6(14,15)20(18,19)16-1-2-17;/h16H,1-2H2;1H3/q-1;/p+1. The molecule has 0 aliphatic rings. The van der Waals surface area contributed by atoms with Gasteiger partial charge in [0, 0.05) is 0 Å². The van der Waals surface area contributed by atoms with Crippen molar-refractivity contribution in [2.45, 2.75) is 23.3 Å². The summed E-state index contributed by atoms with van der Waals surface area (Å²) in [6.07, 6.45) is -7.10. The summed E-state index contributed by atoms with van der Waals surface area (Å²) >= 11 is 0. The molecule has 0 spiro atoms. The van der Waals surface area contributed by atoms with Gasteiger partial charge < -0.3 is 11.3 Å². The maximum Gasteiger partial charge on any atom is 0.463 e. The number of primary sulfonamides is 1. The summed E-state index contributed by atoms with van der Waals surface area (Å²) in [6, 6.07) is 0. The van der Waals surface area contributed by atoms with Gasteiger partial charge in [-0.25, -0.2) is 4.72 Å². The SMILES string of the molecule is N.O=S(=O)([NH2+]CC[O-])C(F)(F)C(F)(F)C(F)(F)C(F)(F)F. The molecule has 0 unspecified atom stereocenters. The maximum atomic E-state index is 12.9. The van der Waals surface area contributed by atoms with Crippen molar-refractivity contribution < 1.29 is 57.8 Å². The van der Waals surface area contributed by atoms with Crippen LogP contribution in [0.1, 0.15) is 0 Å². The predicted octanol–water partition coefficient (Wildman–Crippen LogP) is -0.172. The summed E-state index contributed by atoms with van der Waals surface area (Å²) in [5, 5.41) is 3.11. The minimum atomic E-state index is -7.29. The second kappa shape index (κ2) is 6.13. The lowest BCUT2D eigenvalue weighted by Crippen LogP contribution is -2.93. The van der Waals surface area contributed by atoms with E-state index < -0.39 is 51.2 Å². The minimum Gasteiger partial charge on any atom is -0.850 e. The summed E-state index contributed by atoms with van der Waals surface area (Å²) < 4.78 is 132. The van der Waals surface area contributed by atoms with Crippen molar-refractivity contribution in [3.63, 3.8) is 0 Å². The Labute approximate surface area is 111 Å². The molecule has 15 heteroatoms. The molecule has 0 aliphatic carbocycles. The van der Waals surface area contributed by atoms with Crippen LogP contribution in [0.25, 0.3) is 0 Å². The molecule has 130 valence electrons. The molecule has 0 radical (unpaired) electrons. The Morgan fingerprint density at radius 3 is 1.52 bits per heavy atom. The lowest BCUT2D eigenvalue weighted by Gasteiger charge is -2.31. The third kappa shape index (κ3) is 3.51. The van der Waals surface area contributed by atoms with Crippen molar-refractivity contribution in [3.05, 3.63) is 0 Å². The Kier molecular flexibility index (Phi) is 6.57. The monoisotopic (exact) mass is 360 g/mol. The Hall–Kier alpha value is -0.800. The Bertz CT molecular complexity index is 447. The summed E-state index contributed by atoms with van der Waals surface area (Å²) in [5.41, 5.74) is 0. The van der Waals surface area contributed by atoms with E-state index in [9.17, 15) is 53.0 Å². The highest BCUT2D eigenvalue weighted by molar-refractivity contribution is 7.85. The van der Waals surface area contributed by atoms with Crippen LogP contribution in [0.3, 0.4) is 0 Å². The number of halogens is 9. The maximum absolute atomic E-state index is 12.9. The molecular formula is C6H9F9N2O3S. The van der Waals surface area contributed by atoms with Crippen LogP contribution < -0.4 is 16.0 Å². The van der Waals surface area contributed by atoms with Gasteiger partial charge in [-0.3, -0.25) is 0 Å². The fourth-order valence-electron chi connectivity index (χ4n) is 0.847. The molecule has 0 aromatic rings. The Morgan fingerprint density at radius 2 is 1.24 bits per heavy atom. The molecule has 0 fully saturated rings. The van der Waals surface area contributed by atoms with Crippen molar-refractivity contribution in [1.29, 1.82) is 0 Å². The van der Waals surface area contributed by atoms with E-state index in [0.717, 1.165) is 0 Å². The molecule has 0 aromatic carbocycles. The second-order valence-electron chi connectivity index (χ2n) is 3.37. The molecule has 0 atom stereocenters. The van der Waals surface area contributed by atoms with E-state index in [1.54, 1.807) is 0 Å². The van der Waals surface area contributed by atoms with E-state index >= 15 is 0 Å². The highest BCUT2D eigenvalue weighted by Gasteiger charge is 2.86. The van der Waals surface area contributed by atoms with Crippen LogP contribution >= 0.6 is 0 Å². The van der Waals surface area contributed by atoms with E-state index in [4.69, 9.17) is 0 Å². The number of sulfonamides is 1. The second-order valence-corrected chi connectivity index (χ2v) is 5.30. The van der Waals surface area contributed by atoms with Gasteiger partial charge in [-0.15, -0.1) is 0 Å². The number of alkyl halides is 9. The highest BCUT2D eigenvalue weighted by atomic mass is 32.2. The summed E-state index contributed by atoms with van der Waals surface area (Å²) in [6.45, 7) is -2.65. The molecular weight excluding hydrogens is 351 g/mol. The first-order valence-electron chi connectivity index (χ1n) is 4.42. The molecule has 0 amide bonds. The van der Waals surface area contributed by atoms with Gasteiger partial charge in [-0.1, -0.05) is 6.61 Å². The summed E-state index contributed by atoms with van der Waals surface area (Å²) in [7, 11) is -6.51. The normalized spacial score (nSPS) is 14.8. The van der Waals surface area contributed by atoms with E-state index in [2.05, 4.69) is 0 Å². The summed E-state index contributed by atoms with van der Waals surface area (Å²) in [5.74, 6) is -14.5. The van der Waals surface area contributed by atoms with E-state index in [1.165, 1.54) is 0 Å². The third-order valence-electron chi connectivity index (χ3n) is 1.93. The van der Waals surface area contributed by atoms with Crippen LogP contribution in [0.15, 0.2) is 0 Å².